The lowest BCUT2D eigenvalue weighted by Crippen LogP contribution is -2.18. The fourth-order valence-electron chi connectivity index (χ4n) is 2.26. The van der Waals surface area contributed by atoms with Crippen molar-refractivity contribution in [2.75, 3.05) is 0 Å². The lowest BCUT2D eigenvalue weighted by Gasteiger charge is -2.14. The van der Waals surface area contributed by atoms with Crippen LogP contribution in [0.1, 0.15) is 24.2 Å². The second-order valence-corrected chi connectivity index (χ2v) is 5.49. The topological polar surface area (TPSA) is 42.7 Å². The van der Waals surface area contributed by atoms with E-state index in [1.165, 1.54) is 0 Å². The van der Waals surface area contributed by atoms with E-state index in [1.54, 1.807) is 11.0 Å². The minimum atomic E-state index is 0.149. The zero-order valence-corrected chi connectivity index (χ0v) is 13.0. The van der Waals surface area contributed by atoms with Gasteiger partial charge in [-0.25, -0.2) is 0 Å². The van der Waals surface area contributed by atoms with Gasteiger partial charge in [0.1, 0.15) is 0 Å². The largest absolute Gasteiger partial charge is 0.304 e. The fourth-order valence-corrected chi connectivity index (χ4v) is 2.55. The molecular formula is C17H17ClN4. The average molecular weight is 313 g/mol. The smallest absolute Gasteiger partial charge is 0.0969 e. The van der Waals surface area contributed by atoms with Gasteiger partial charge in [0.25, 0.3) is 0 Å². The van der Waals surface area contributed by atoms with E-state index < -0.39 is 0 Å². The van der Waals surface area contributed by atoms with E-state index in [4.69, 9.17) is 11.6 Å². The first-order chi connectivity index (χ1) is 10.7. The van der Waals surface area contributed by atoms with E-state index in [9.17, 15) is 0 Å². The Morgan fingerprint density at radius 1 is 1.09 bits per heavy atom. The van der Waals surface area contributed by atoms with E-state index in [0.29, 0.717) is 6.54 Å². The Labute approximate surface area is 134 Å². The van der Waals surface area contributed by atoms with Crippen LogP contribution in [-0.4, -0.2) is 15.0 Å². The predicted octanol–water partition coefficient (Wildman–Crippen LogP) is 3.77. The van der Waals surface area contributed by atoms with Crippen molar-refractivity contribution in [2.24, 2.45) is 0 Å². The summed E-state index contributed by atoms with van der Waals surface area (Å²) >= 11 is 6.21. The number of hydrogen-bond acceptors (Lipinski definition) is 3. The van der Waals surface area contributed by atoms with Gasteiger partial charge in [-0.3, -0.25) is 0 Å². The number of nitrogens with one attached hydrogen (secondary N) is 1. The quantitative estimate of drug-likeness (QED) is 0.780. The van der Waals surface area contributed by atoms with Crippen LogP contribution in [0.25, 0.3) is 5.69 Å². The third kappa shape index (κ3) is 3.35. The molecule has 1 heterocycles. The van der Waals surface area contributed by atoms with E-state index in [-0.39, 0.29) is 6.04 Å². The van der Waals surface area contributed by atoms with Gasteiger partial charge in [-0.1, -0.05) is 48.0 Å². The van der Waals surface area contributed by atoms with Crippen LogP contribution in [0, 0.1) is 0 Å². The van der Waals surface area contributed by atoms with Gasteiger partial charge in [-0.2, -0.15) is 15.0 Å². The molecule has 22 heavy (non-hydrogen) atoms. The Morgan fingerprint density at radius 3 is 2.59 bits per heavy atom. The number of benzene rings is 2. The zero-order valence-electron chi connectivity index (χ0n) is 12.3. The number of rotatable bonds is 5. The summed E-state index contributed by atoms with van der Waals surface area (Å²) in [5.74, 6) is 0. The molecule has 0 spiro atoms. The molecule has 5 heteroatoms. The molecule has 4 nitrogen and oxygen atoms in total. The molecule has 1 aromatic heterocycles. The number of aromatic nitrogens is 3. The van der Waals surface area contributed by atoms with Crippen LogP contribution in [0.2, 0.25) is 5.02 Å². The molecule has 112 valence electrons. The lowest BCUT2D eigenvalue weighted by atomic mass is 10.1. The van der Waals surface area contributed by atoms with Crippen molar-refractivity contribution in [1.29, 1.82) is 0 Å². The summed E-state index contributed by atoms with van der Waals surface area (Å²) in [6.45, 7) is 2.72. The molecule has 1 N–H and O–H groups in total. The van der Waals surface area contributed by atoms with Gasteiger partial charge in [-0.05, 0) is 30.7 Å². The number of nitrogens with zero attached hydrogens (tertiary/aromatic N) is 3. The van der Waals surface area contributed by atoms with Crippen LogP contribution in [0.4, 0.5) is 0 Å². The Bertz CT molecular complexity index is 739. The zero-order chi connectivity index (χ0) is 15.4. The van der Waals surface area contributed by atoms with Gasteiger partial charge >= 0.3 is 0 Å². The standard InChI is InChI=1S/C17H17ClN4/c1-13(16-9-5-6-10-17(16)18)19-11-14-12-20-22(21-14)15-7-3-2-4-8-15/h2-10,12-13,19H,11H2,1H3. The second kappa shape index (κ2) is 6.73. The summed E-state index contributed by atoms with van der Waals surface area (Å²) in [5, 5.41) is 13.0. The molecule has 0 saturated heterocycles. The van der Waals surface area contributed by atoms with Crippen molar-refractivity contribution in [3.8, 4) is 5.69 Å². The van der Waals surface area contributed by atoms with Crippen molar-refractivity contribution < 1.29 is 0 Å². The molecule has 3 rings (SSSR count). The first kappa shape index (κ1) is 14.8. The predicted molar refractivity (Wildman–Crippen MR) is 88.1 cm³/mol. The molecule has 3 aromatic rings. The van der Waals surface area contributed by atoms with Gasteiger partial charge in [0.05, 0.1) is 17.6 Å². The summed E-state index contributed by atoms with van der Waals surface area (Å²) in [6, 6.07) is 17.9. The number of para-hydroxylation sites is 1. The molecule has 0 aliphatic carbocycles. The molecule has 0 aliphatic rings. The minimum Gasteiger partial charge on any atom is -0.304 e. The Morgan fingerprint density at radius 2 is 1.82 bits per heavy atom. The SMILES string of the molecule is CC(NCc1cnn(-c2ccccc2)n1)c1ccccc1Cl. The van der Waals surface area contributed by atoms with Gasteiger partial charge in [0.15, 0.2) is 0 Å². The third-order valence-electron chi connectivity index (χ3n) is 3.49. The first-order valence-corrected chi connectivity index (χ1v) is 7.56. The summed E-state index contributed by atoms with van der Waals surface area (Å²) in [5.41, 5.74) is 2.93. The van der Waals surface area contributed by atoms with E-state index in [1.807, 2.05) is 54.6 Å². The van der Waals surface area contributed by atoms with Gasteiger partial charge in [0, 0.05) is 17.6 Å². The van der Waals surface area contributed by atoms with Crippen LogP contribution in [-0.2, 0) is 6.54 Å². The molecule has 1 atom stereocenters. The van der Waals surface area contributed by atoms with Crippen LogP contribution >= 0.6 is 11.6 Å². The summed E-state index contributed by atoms with van der Waals surface area (Å²) in [4.78, 5) is 1.64. The highest BCUT2D eigenvalue weighted by molar-refractivity contribution is 6.31. The summed E-state index contributed by atoms with van der Waals surface area (Å²) in [6.07, 6.45) is 1.78. The van der Waals surface area contributed by atoms with Gasteiger partial charge in [-0.15, -0.1) is 0 Å². The average Bonchev–Trinajstić information content (AvgIpc) is 3.03. The normalized spacial score (nSPS) is 12.3. The fraction of sp³-hybridized carbons (Fsp3) is 0.176. The molecule has 1 unspecified atom stereocenters. The van der Waals surface area contributed by atoms with Crippen molar-refractivity contribution in [3.63, 3.8) is 0 Å². The van der Waals surface area contributed by atoms with Crippen LogP contribution < -0.4 is 5.32 Å². The molecule has 0 radical (unpaired) electrons. The van der Waals surface area contributed by atoms with E-state index in [0.717, 1.165) is 22.0 Å². The molecular weight excluding hydrogens is 296 g/mol. The van der Waals surface area contributed by atoms with Crippen LogP contribution in [0.5, 0.6) is 0 Å². The summed E-state index contributed by atoms with van der Waals surface area (Å²) < 4.78 is 0. The Kier molecular flexibility index (Phi) is 4.51. The number of hydrogen-bond donors (Lipinski definition) is 1. The van der Waals surface area contributed by atoms with Crippen molar-refractivity contribution in [2.45, 2.75) is 19.5 Å². The minimum absolute atomic E-state index is 0.149. The highest BCUT2D eigenvalue weighted by atomic mass is 35.5. The van der Waals surface area contributed by atoms with E-state index in [2.05, 4.69) is 22.4 Å². The van der Waals surface area contributed by atoms with Crippen molar-refractivity contribution in [3.05, 3.63) is 77.1 Å². The molecule has 0 fully saturated rings. The van der Waals surface area contributed by atoms with Gasteiger partial charge in [0.2, 0.25) is 0 Å². The van der Waals surface area contributed by atoms with Gasteiger partial charge < -0.3 is 5.32 Å². The highest BCUT2D eigenvalue weighted by Crippen LogP contribution is 2.22. The first-order valence-electron chi connectivity index (χ1n) is 7.18. The Balaban J connectivity index is 1.65. The highest BCUT2D eigenvalue weighted by Gasteiger charge is 2.09. The maximum atomic E-state index is 6.21. The third-order valence-corrected chi connectivity index (χ3v) is 3.83. The van der Waals surface area contributed by atoms with Crippen molar-refractivity contribution in [1.82, 2.24) is 20.3 Å². The molecule has 0 aliphatic heterocycles. The maximum Gasteiger partial charge on any atom is 0.0969 e. The van der Waals surface area contributed by atoms with Crippen LogP contribution in [0.15, 0.2) is 60.8 Å². The Hall–Kier alpha value is -2.17. The second-order valence-electron chi connectivity index (χ2n) is 5.09. The molecule has 0 amide bonds. The van der Waals surface area contributed by atoms with Crippen molar-refractivity contribution >= 4 is 11.6 Å². The molecule has 0 saturated carbocycles. The summed E-state index contributed by atoms with van der Waals surface area (Å²) in [7, 11) is 0. The van der Waals surface area contributed by atoms with E-state index >= 15 is 0 Å². The lowest BCUT2D eigenvalue weighted by molar-refractivity contribution is 0.564. The maximum absolute atomic E-state index is 6.21. The van der Waals surface area contributed by atoms with Crippen LogP contribution in [0.3, 0.4) is 0 Å². The molecule has 2 aromatic carbocycles. The number of halogens is 1. The monoisotopic (exact) mass is 312 g/mol. The molecule has 0 bridgehead atoms.